The molecule has 1 unspecified atom stereocenters. The molecule has 3 aromatic rings. The van der Waals surface area contributed by atoms with Gasteiger partial charge in [0.05, 0.1) is 12.3 Å². The second kappa shape index (κ2) is 9.50. The molecule has 3 rings (SSSR count). The normalized spacial score (nSPS) is 11.6. The summed E-state index contributed by atoms with van der Waals surface area (Å²) < 4.78 is 11.4. The lowest BCUT2D eigenvalue weighted by atomic mass is 10.2. The molecule has 2 aromatic carbocycles. The summed E-state index contributed by atoms with van der Waals surface area (Å²) in [5, 5.41) is 2.86. The van der Waals surface area contributed by atoms with Crippen LogP contribution in [0, 0.1) is 0 Å². The van der Waals surface area contributed by atoms with Crippen molar-refractivity contribution in [1.82, 2.24) is 4.98 Å². The number of anilines is 1. The van der Waals surface area contributed by atoms with E-state index in [1.165, 1.54) is 0 Å². The fourth-order valence-electron chi connectivity index (χ4n) is 2.42. The zero-order valence-electron chi connectivity index (χ0n) is 15.2. The molecule has 0 saturated carbocycles. The maximum Gasteiger partial charge on any atom is 0.253 e. The Bertz CT molecular complexity index is 854. The van der Waals surface area contributed by atoms with E-state index in [0.717, 1.165) is 11.3 Å². The van der Waals surface area contributed by atoms with E-state index in [1.807, 2.05) is 66.7 Å². The molecule has 1 N–H and O–H groups in total. The molecular weight excluding hydrogens is 340 g/mol. The Morgan fingerprint density at radius 3 is 2.59 bits per heavy atom. The average molecular weight is 362 g/mol. The van der Waals surface area contributed by atoms with Crippen LogP contribution in [0.25, 0.3) is 0 Å². The molecule has 0 radical (unpaired) electrons. The van der Waals surface area contributed by atoms with Gasteiger partial charge in [0.2, 0.25) is 0 Å². The number of pyridine rings is 1. The van der Waals surface area contributed by atoms with E-state index in [-0.39, 0.29) is 5.91 Å². The lowest BCUT2D eigenvalue weighted by Gasteiger charge is -2.14. The standard InChI is InChI=1S/C22H22N2O3/c1-17(26-15-18-8-3-2-4-9-18)22(25)24-19-11-7-12-21(14-19)27-16-20-10-5-6-13-23-20/h2-14,17H,15-16H2,1H3,(H,24,25). The van der Waals surface area contributed by atoms with Gasteiger partial charge in [-0.3, -0.25) is 9.78 Å². The number of aromatic nitrogens is 1. The molecule has 0 aliphatic rings. The van der Waals surface area contributed by atoms with Crippen LogP contribution in [0.1, 0.15) is 18.2 Å². The molecule has 27 heavy (non-hydrogen) atoms. The van der Waals surface area contributed by atoms with E-state index < -0.39 is 6.10 Å². The summed E-state index contributed by atoms with van der Waals surface area (Å²) in [6.07, 6.45) is 1.16. The number of benzene rings is 2. The van der Waals surface area contributed by atoms with Gasteiger partial charge in [0, 0.05) is 18.0 Å². The third-order valence-electron chi connectivity index (χ3n) is 3.93. The fourth-order valence-corrected chi connectivity index (χ4v) is 2.42. The Balaban J connectivity index is 1.51. The monoisotopic (exact) mass is 362 g/mol. The predicted molar refractivity (Wildman–Crippen MR) is 104 cm³/mol. The first-order valence-electron chi connectivity index (χ1n) is 8.80. The zero-order valence-corrected chi connectivity index (χ0v) is 15.2. The Morgan fingerprint density at radius 1 is 1.00 bits per heavy atom. The number of carbonyl (C=O) groups is 1. The van der Waals surface area contributed by atoms with E-state index in [0.29, 0.717) is 24.7 Å². The first kappa shape index (κ1) is 18.6. The molecule has 1 atom stereocenters. The van der Waals surface area contributed by atoms with Crippen molar-refractivity contribution in [2.75, 3.05) is 5.32 Å². The highest BCUT2D eigenvalue weighted by molar-refractivity contribution is 5.94. The van der Waals surface area contributed by atoms with Crippen molar-refractivity contribution in [2.45, 2.75) is 26.2 Å². The third kappa shape index (κ3) is 5.94. The number of nitrogens with zero attached hydrogens (tertiary/aromatic N) is 1. The zero-order chi connectivity index (χ0) is 18.9. The van der Waals surface area contributed by atoms with E-state index in [2.05, 4.69) is 10.3 Å². The molecule has 5 heteroatoms. The molecule has 0 aliphatic heterocycles. The first-order chi connectivity index (χ1) is 13.2. The number of ether oxygens (including phenoxy) is 2. The van der Waals surface area contributed by atoms with Crippen LogP contribution in [0.4, 0.5) is 5.69 Å². The summed E-state index contributed by atoms with van der Waals surface area (Å²) in [5.74, 6) is 0.462. The van der Waals surface area contributed by atoms with Gasteiger partial charge in [-0.15, -0.1) is 0 Å². The number of hydrogen-bond acceptors (Lipinski definition) is 4. The van der Waals surface area contributed by atoms with Gasteiger partial charge < -0.3 is 14.8 Å². The van der Waals surface area contributed by atoms with Crippen molar-refractivity contribution in [3.05, 3.63) is 90.3 Å². The molecular formula is C22H22N2O3. The van der Waals surface area contributed by atoms with Crippen molar-refractivity contribution in [3.8, 4) is 5.75 Å². The van der Waals surface area contributed by atoms with Crippen LogP contribution in [0.3, 0.4) is 0 Å². The Morgan fingerprint density at radius 2 is 1.81 bits per heavy atom. The average Bonchev–Trinajstić information content (AvgIpc) is 2.72. The fraction of sp³-hybridized carbons (Fsp3) is 0.182. The van der Waals surface area contributed by atoms with Gasteiger partial charge in [-0.1, -0.05) is 42.5 Å². The summed E-state index contributed by atoms with van der Waals surface area (Å²) in [7, 11) is 0. The molecule has 0 aliphatic carbocycles. The van der Waals surface area contributed by atoms with Crippen LogP contribution in [0.15, 0.2) is 79.0 Å². The molecule has 1 aromatic heterocycles. The highest BCUT2D eigenvalue weighted by atomic mass is 16.5. The van der Waals surface area contributed by atoms with E-state index in [4.69, 9.17) is 9.47 Å². The van der Waals surface area contributed by atoms with Gasteiger partial charge in [0.1, 0.15) is 18.5 Å². The van der Waals surface area contributed by atoms with Crippen LogP contribution in [0.2, 0.25) is 0 Å². The minimum Gasteiger partial charge on any atom is -0.487 e. The molecule has 0 fully saturated rings. The van der Waals surface area contributed by atoms with Crippen molar-refractivity contribution in [2.24, 2.45) is 0 Å². The van der Waals surface area contributed by atoms with Crippen LogP contribution in [0.5, 0.6) is 5.75 Å². The summed E-state index contributed by atoms with van der Waals surface area (Å²) in [6, 6.07) is 22.7. The smallest absolute Gasteiger partial charge is 0.253 e. The van der Waals surface area contributed by atoms with Crippen LogP contribution in [-0.4, -0.2) is 17.0 Å². The number of rotatable bonds is 8. The summed E-state index contributed by atoms with van der Waals surface area (Å²) in [6.45, 7) is 2.50. The maximum atomic E-state index is 12.3. The topological polar surface area (TPSA) is 60.5 Å². The minimum absolute atomic E-state index is 0.201. The summed E-state index contributed by atoms with van der Waals surface area (Å²) in [4.78, 5) is 16.6. The van der Waals surface area contributed by atoms with E-state index in [1.54, 1.807) is 19.2 Å². The lowest BCUT2D eigenvalue weighted by Crippen LogP contribution is -2.27. The molecule has 1 heterocycles. The second-order valence-electron chi connectivity index (χ2n) is 6.07. The maximum absolute atomic E-state index is 12.3. The van der Waals surface area contributed by atoms with Gasteiger partial charge in [-0.2, -0.15) is 0 Å². The number of hydrogen-bond donors (Lipinski definition) is 1. The molecule has 1 amide bonds. The number of carbonyl (C=O) groups excluding carboxylic acids is 1. The molecule has 0 saturated heterocycles. The summed E-state index contributed by atoms with van der Waals surface area (Å²) in [5.41, 5.74) is 2.53. The van der Waals surface area contributed by atoms with Crippen molar-refractivity contribution in [1.29, 1.82) is 0 Å². The molecule has 0 bridgehead atoms. The van der Waals surface area contributed by atoms with E-state index in [9.17, 15) is 4.79 Å². The minimum atomic E-state index is -0.566. The SMILES string of the molecule is CC(OCc1ccccc1)C(=O)Nc1cccc(OCc2ccccn2)c1. The Kier molecular flexibility index (Phi) is 6.55. The highest BCUT2D eigenvalue weighted by Gasteiger charge is 2.14. The van der Waals surface area contributed by atoms with Gasteiger partial charge in [-0.25, -0.2) is 0 Å². The van der Waals surface area contributed by atoms with Gasteiger partial charge in [0.15, 0.2) is 0 Å². The van der Waals surface area contributed by atoms with Gasteiger partial charge in [0.25, 0.3) is 5.91 Å². The van der Waals surface area contributed by atoms with Crippen molar-refractivity contribution < 1.29 is 14.3 Å². The summed E-state index contributed by atoms with van der Waals surface area (Å²) >= 11 is 0. The Labute approximate surface area is 159 Å². The largest absolute Gasteiger partial charge is 0.487 e. The second-order valence-corrected chi connectivity index (χ2v) is 6.07. The quantitative estimate of drug-likeness (QED) is 0.652. The predicted octanol–water partition coefficient (Wildman–Crippen LogP) is 4.20. The number of amides is 1. The lowest BCUT2D eigenvalue weighted by molar-refractivity contribution is -0.127. The van der Waals surface area contributed by atoms with Crippen molar-refractivity contribution in [3.63, 3.8) is 0 Å². The van der Waals surface area contributed by atoms with Crippen molar-refractivity contribution >= 4 is 11.6 Å². The highest BCUT2D eigenvalue weighted by Crippen LogP contribution is 2.19. The van der Waals surface area contributed by atoms with Crippen LogP contribution < -0.4 is 10.1 Å². The third-order valence-corrected chi connectivity index (χ3v) is 3.93. The molecule has 0 spiro atoms. The van der Waals surface area contributed by atoms with Crippen LogP contribution in [-0.2, 0) is 22.7 Å². The molecule has 138 valence electrons. The van der Waals surface area contributed by atoms with E-state index >= 15 is 0 Å². The van der Waals surface area contributed by atoms with Crippen LogP contribution >= 0.6 is 0 Å². The Hall–Kier alpha value is -3.18. The first-order valence-corrected chi connectivity index (χ1v) is 8.80. The molecule has 5 nitrogen and oxygen atoms in total. The van der Waals surface area contributed by atoms with Gasteiger partial charge in [-0.05, 0) is 36.8 Å². The number of nitrogens with one attached hydrogen (secondary N) is 1. The van der Waals surface area contributed by atoms with Gasteiger partial charge >= 0.3 is 0 Å².